The Morgan fingerprint density at radius 1 is 0.294 bits per heavy atom. The maximum atomic E-state index is 2.44. The van der Waals surface area contributed by atoms with E-state index in [1.54, 1.807) is 0 Å². The van der Waals surface area contributed by atoms with E-state index in [-0.39, 0.29) is 0 Å². The van der Waals surface area contributed by atoms with Crippen LogP contribution in [-0.2, 0) is 5.41 Å². The first kappa shape index (κ1) is 28.2. The summed E-state index contributed by atoms with van der Waals surface area (Å²) in [6.07, 6.45) is 0. The van der Waals surface area contributed by atoms with Gasteiger partial charge in [0.25, 0.3) is 0 Å². The lowest BCUT2D eigenvalue weighted by molar-refractivity contribution is 0.766. The van der Waals surface area contributed by atoms with Gasteiger partial charge in [-0.25, -0.2) is 0 Å². The van der Waals surface area contributed by atoms with Crippen molar-refractivity contribution >= 4 is 43.6 Å². The molecule has 0 saturated carbocycles. The third-order valence-electron chi connectivity index (χ3n) is 11.2. The lowest BCUT2D eigenvalue weighted by Gasteiger charge is -2.34. The molecule has 1 aliphatic carbocycles. The zero-order chi connectivity index (χ0) is 33.5. The van der Waals surface area contributed by atoms with Gasteiger partial charge in [-0.05, 0) is 81.9 Å². The van der Waals surface area contributed by atoms with Crippen molar-refractivity contribution in [1.29, 1.82) is 0 Å². The second-order valence-corrected chi connectivity index (χ2v) is 13.7. The minimum atomic E-state index is -0.545. The normalized spacial score (nSPS) is 13.3. The van der Waals surface area contributed by atoms with E-state index in [4.69, 9.17) is 0 Å². The fraction of sp³-hybridized carbons (Fsp3) is 0.0204. The molecule has 0 amide bonds. The van der Waals surface area contributed by atoms with Crippen molar-refractivity contribution in [3.63, 3.8) is 0 Å². The number of rotatable bonds is 4. The Kier molecular flexibility index (Phi) is 5.91. The van der Waals surface area contributed by atoms with Crippen LogP contribution in [0.2, 0.25) is 0 Å². The number of nitrogens with zero attached hydrogens (tertiary/aromatic N) is 2. The van der Waals surface area contributed by atoms with E-state index >= 15 is 0 Å². The molecular formula is C49H32N2. The molecule has 0 fully saturated rings. The molecular weight excluding hydrogens is 617 g/mol. The van der Waals surface area contributed by atoms with Crippen LogP contribution < -0.4 is 0 Å². The molecule has 11 rings (SSSR count). The molecule has 1 aliphatic rings. The minimum absolute atomic E-state index is 0.545. The largest absolute Gasteiger partial charge is 0.309 e. The third-order valence-corrected chi connectivity index (χ3v) is 11.2. The summed E-state index contributed by atoms with van der Waals surface area (Å²) in [5.41, 5.74) is 14.3. The molecule has 2 heteroatoms. The van der Waals surface area contributed by atoms with Crippen molar-refractivity contribution in [3.8, 4) is 22.5 Å². The first-order chi connectivity index (χ1) is 25.3. The number of hydrogen-bond acceptors (Lipinski definition) is 0. The highest BCUT2D eigenvalue weighted by Crippen LogP contribution is 2.56. The van der Waals surface area contributed by atoms with Gasteiger partial charge in [0.2, 0.25) is 0 Å². The fourth-order valence-corrected chi connectivity index (χ4v) is 9.18. The van der Waals surface area contributed by atoms with Gasteiger partial charge >= 0.3 is 0 Å². The molecule has 238 valence electrons. The van der Waals surface area contributed by atoms with E-state index < -0.39 is 5.41 Å². The summed E-state index contributed by atoms with van der Waals surface area (Å²) in [7, 11) is 0. The van der Waals surface area contributed by atoms with Gasteiger partial charge in [0.05, 0.1) is 27.5 Å². The number of aromatic nitrogens is 2. The first-order valence-corrected chi connectivity index (χ1v) is 17.7. The van der Waals surface area contributed by atoms with Gasteiger partial charge in [-0.1, -0.05) is 146 Å². The summed E-state index contributed by atoms with van der Waals surface area (Å²) in [6.45, 7) is 0. The van der Waals surface area contributed by atoms with Gasteiger partial charge in [0.1, 0.15) is 0 Å². The summed E-state index contributed by atoms with van der Waals surface area (Å²) < 4.78 is 4.87. The Morgan fingerprint density at radius 2 is 0.627 bits per heavy atom. The van der Waals surface area contributed by atoms with Gasteiger partial charge in [-0.2, -0.15) is 0 Å². The molecule has 0 unspecified atom stereocenters. The van der Waals surface area contributed by atoms with Crippen molar-refractivity contribution < 1.29 is 0 Å². The van der Waals surface area contributed by atoms with Crippen LogP contribution in [-0.4, -0.2) is 9.13 Å². The lowest BCUT2D eigenvalue weighted by atomic mass is 9.67. The van der Waals surface area contributed by atoms with Crippen molar-refractivity contribution in [1.82, 2.24) is 9.13 Å². The first-order valence-electron chi connectivity index (χ1n) is 17.7. The van der Waals surface area contributed by atoms with E-state index in [2.05, 4.69) is 203 Å². The Hall–Kier alpha value is -6.64. The standard InChI is InChI=1S/C49H32N2/c1-7-25-43-37(19-1)38-20-2-8-26-44(38)49(43,33-15-13-17-35(31-33)50-45-27-9-3-21-39(45)40-22-4-10-28-46(40)50)34-16-14-18-36(32-34)51-47-29-11-5-23-41(47)42-24-6-12-30-48(42)51/h1-32H. The topological polar surface area (TPSA) is 9.86 Å². The maximum absolute atomic E-state index is 2.44. The van der Waals surface area contributed by atoms with E-state index in [1.807, 2.05) is 0 Å². The minimum Gasteiger partial charge on any atom is -0.309 e. The summed E-state index contributed by atoms with van der Waals surface area (Å²) in [5.74, 6) is 0. The van der Waals surface area contributed by atoms with Crippen LogP contribution in [0.3, 0.4) is 0 Å². The van der Waals surface area contributed by atoms with Crippen LogP contribution in [0.4, 0.5) is 0 Å². The zero-order valence-electron chi connectivity index (χ0n) is 27.9. The quantitative estimate of drug-likeness (QED) is 0.180. The SMILES string of the molecule is c1cc(-n2c3ccccc3c3ccccc32)cc(C2(c3cccc(-n4c5ccccc5c5ccccc54)c3)c3ccccc3-c3ccccc32)c1. The predicted octanol–water partition coefficient (Wildman–Crippen LogP) is 12.2. The average Bonchev–Trinajstić information content (AvgIpc) is 3.83. The second kappa shape index (κ2) is 10.7. The summed E-state index contributed by atoms with van der Waals surface area (Å²) >= 11 is 0. The molecule has 0 atom stereocenters. The molecule has 0 saturated heterocycles. The highest BCUT2D eigenvalue weighted by Gasteiger charge is 2.46. The summed E-state index contributed by atoms with van der Waals surface area (Å²) in [4.78, 5) is 0. The Labute approximate surface area is 296 Å². The molecule has 51 heavy (non-hydrogen) atoms. The monoisotopic (exact) mass is 648 g/mol. The zero-order valence-corrected chi connectivity index (χ0v) is 27.9. The molecule has 8 aromatic carbocycles. The van der Waals surface area contributed by atoms with Crippen LogP contribution in [0.5, 0.6) is 0 Å². The Morgan fingerprint density at radius 3 is 1.02 bits per heavy atom. The van der Waals surface area contributed by atoms with Gasteiger partial charge in [0.15, 0.2) is 0 Å². The van der Waals surface area contributed by atoms with Gasteiger partial charge in [-0.3, -0.25) is 0 Å². The van der Waals surface area contributed by atoms with Crippen LogP contribution >= 0.6 is 0 Å². The molecule has 2 nitrogen and oxygen atoms in total. The highest BCUT2D eigenvalue weighted by atomic mass is 15.0. The van der Waals surface area contributed by atoms with Crippen molar-refractivity contribution in [2.75, 3.05) is 0 Å². The molecule has 2 aromatic heterocycles. The molecule has 10 aromatic rings. The van der Waals surface area contributed by atoms with E-state index in [0.29, 0.717) is 0 Å². The van der Waals surface area contributed by atoms with Crippen molar-refractivity contribution in [2.45, 2.75) is 5.41 Å². The highest BCUT2D eigenvalue weighted by molar-refractivity contribution is 6.10. The molecule has 2 heterocycles. The Balaban J connectivity index is 1.23. The van der Waals surface area contributed by atoms with Crippen LogP contribution in [0.15, 0.2) is 194 Å². The van der Waals surface area contributed by atoms with E-state index in [0.717, 1.165) is 11.4 Å². The van der Waals surface area contributed by atoms with Crippen LogP contribution in [0.1, 0.15) is 22.3 Å². The molecule has 0 radical (unpaired) electrons. The average molecular weight is 649 g/mol. The van der Waals surface area contributed by atoms with Gasteiger partial charge in [0, 0.05) is 32.9 Å². The lowest BCUT2D eigenvalue weighted by Crippen LogP contribution is -2.29. The summed E-state index contributed by atoms with van der Waals surface area (Å²) in [5, 5.41) is 5.07. The number of fused-ring (bicyclic) bond motifs is 9. The van der Waals surface area contributed by atoms with Crippen LogP contribution in [0, 0.1) is 0 Å². The molecule has 0 bridgehead atoms. The van der Waals surface area contributed by atoms with Crippen molar-refractivity contribution in [2.24, 2.45) is 0 Å². The van der Waals surface area contributed by atoms with Gasteiger partial charge < -0.3 is 9.13 Å². The van der Waals surface area contributed by atoms with Gasteiger partial charge in [-0.15, -0.1) is 0 Å². The second-order valence-electron chi connectivity index (χ2n) is 13.7. The fourth-order valence-electron chi connectivity index (χ4n) is 9.18. The number of benzene rings is 8. The predicted molar refractivity (Wildman–Crippen MR) is 212 cm³/mol. The maximum Gasteiger partial charge on any atom is 0.0715 e. The van der Waals surface area contributed by atoms with E-state index in [1.165, 1.54) is 77.0 Å². The number of para-hydroxylation sites is 4. The summed E-state index contributed by atoms with van der Waals surface area (Å²) in [6, 6.07) is 71.7. The molecule has 0 N–H and O–H groups in total. The Bertz CT molecular complexity index is 2680. The third kappa shape index (κ3) is 3.82. The molecule has 0 aliphatic heterocycles. The van der Waals surface area contributed by atoms with E-state index in [9.17, 15) is 0 Å². The molecule has 0 spiro atoms. The van der Waals surface area contributed by atoms with Crippen molar-refractivity contribution in [3.05, 3.63) is 216 Å². The van der Waals surface area contributed by atoms with Crippen LogP contribution in [0.25, 0.3) is 66.1 Å². The smallest absolute Gasteiger partial charge is 0.0715 e. The number of hydrogen-bond donors (Lipinski definition) is 0.